The van der Waals surface area contributed by atoms with E-state index in [4.69, 9.17) is 4.43 Å². The molecule has 0 amide bonds. The number of hydrogen-bond donors (Lipinski definition) is 0. The second kappa shape index (κ2) is 4.73. The van der Waals surface area contributed by atoms with Crippen molar-refractivity contribution >= 4 is 9.04 Å². The Morgan fingerprint density at radius 1 is 1.55 bits per heavy atom. The van der Waals surface area contributed by atoms with Crippen LogP contribution in [0.3, 0.4) is 0 Å². The van der Waals surface area contributed by atoms with Crippen molar-refractivity contribution in [3.8, 4) is 0 Å². The number of rotatable bonds is 2. The summed E-state index contributed by atoms with van der Waals surface area (Å²) in [4.78, 5) is 0. The van der Waals surface area contributed by atoms with Crippen LogP contribution in [-0.4, -0.2) is 15.6 Å². The Hall–Kier alpha value is -0.0831. The van der Waals surface area contributed by atoms with Crippen LogP contribution >= 0.6 is 0 Å². The fraction of sp³-hybridized carbons (Fsp3) is 0.778. The van der Waals surface area contributed by atoms with Crippen molar-refractivity contribution in [2.24, 2.45) is 0 Å². The van der Waals surface area contributed by atoms with Crippen LogP contribution in [0.15, 0.2) is 11.3 Å². The fourth-order valence-corrected chi connectivity index (χ4v) is 4.34. The summed E-state index contributed by atoms with van der Waals surface area (Å²) in [5.74, 6) is 0. The van der Waals surface area contributed by atoms with Gasteiger partial charge in [0, 0.05) is 6.61 Å². The molecule has 0 aromatic carbocycles. The van der Waals surface area contributed by atoms with Crippen LogP contribution in [0, 0.1) is 0 Å². The minimum absolute atomic E-state index is 0.880. The predicted octanol–water partition coefficient (Wildman–Crippen LogP) is 2.42. The topological polar surface area (TPSA) is 9.23 Å². The molecule has 0 aliphatic carbocycles. The van der Waals surface area contributed by atoms with Crippen LogP contribution < -0.4 is 0 Å². The van der Waals surface area contributed by atoms with E-state index in [0.717, 1.165) is 6.61 Å². The highest BCUT2D eigenvalue weighted by Crippen LogP contribution is 2.18. The summed E-state index contributed by atoms with van der Waals surface area (Å²) in [5.41, 5.74) is 0. The second-order valence-electron chi connectivity index (χ2n) is 3.07. The van der Waals surface area contributed by atoms with Gasteiger partial charge in [-0.15, -0.1) is 0 Å². The molecule has 0 aromatic rings. The molecule has 1 aliphatic heterocycles. The van der Waals surface area contributed by atoms with Crippen LogP contribution in [0.4, 0.5) is 0 Å². The molecule has 1 heterocycles. The maximum atomic E-state index is 5.79. The maximum Gasteiger partial charge on any atom is 0.203 e. The molecule has 64 valence electrons. The largest absolute Gasteiger partial charge is 0.416 e. The normalized spacial score (nSPS) is 27.1. The molecular formula is C9H18OSi. The average molecular weight is 170 g/mol. The molecule has 0 N–H and O–H groups in total. The summed E-state index contributed by atoms with van der Waals surface area (Å²) in [6, 6.07) is 1.37. The van der Waals surface area contributed by atoms with Gasteiger partial charge in [0.1, 0.15) is 0 Å². The first kappa shape index (κ1) is 9.01. The standard InChI is InChI=1S/C9H18OSi/c1-3-9(4-2)11-8-6-5-7-10-11/h3,11H,4-8H2,1-2H3/b9-3+. The van der Waals surface area contributed by atoms with E-state index < -0.39 is 9.04 Å². The summed E-state index contributed by atoms with van der Waals surface area (Å²) in [5, 5.41) is 1.62. The molecule has 1 unspecified atom stereocenters. The molecule has 1 rings (SSSR count). The van der Waals surface area contributed by atoms with E-state index in [1.165, 1.54) is 25.3 Å². The van der Waals surface area contributed by atoms with Gasteiger partial charge in [-0.3, -0.25) is 0 Å². The minimum atomic E-state index is -0.880. The lowest BCUT2D eigenvalue weighted by Crippen LogP contribution is -2.25. The van der Waals surface area contributed by atoms with Gasteiger partial charge in [-0.05, 0) is 25.8 Å². The molecule has 0 aromatic heterocycles. The lowest BCUT2D eigenvalue weighted by Gasteiger charge is -2.22. The molecular weight excluding hydrogens is 152 g/mol. The first-order valence-corrected chi connectivity index (χ1v) is 6.51. The van der Waals surface area contributed by atoms with Crippen molar-refractivity contribution in [2.75, 3.05) is 6.61 Å². The van der Waals surface area contributed by atoms with E-state index in [9.17, 15) is 0 Å². The number of hydrogen-bond acceptors (Lipinski definition) is 1. The van der Waals surface area contributed by atoms with Gasteiger partial charge in [0.15, 0.2) is 0 Å². The van der Waals surface area contributed by atoms with E-state index in [-0.39, 0.29) is 0 Å². The molecule has 1 nitrogen and oxygen atoms in total. The smallest absolute Gasteiger partial charge is 0.203 e. The maximum absolute atomic E-state index is 5.79. The van der Waals surface area contributed by atoms with Crippen molar-refractivity contribution in [3.63, 3.8) is 0 Å². The van der Waals surface area contributed by atoms with Crippen molar-refractivity contribution < 1.29 is 4.43 Å². The highest BCUT2D eigenvalue weighted by molar-refractivity contribution is 6.60. The van der Waals surface area contributed by atoms with E-state index in [0.29, 0.717) is 0 Å². The third-order valence-electron chi connectivity index (χ3n) is 2.37. The van der Waals surface area contributed by atoms with E-state index in [2.05, 4.69) is 19.9 Å². The Labute approximate surface area is 71.2 Å². The molecule has 2 heteroatoms. The Bertz CT molecular complexity index is 136. The quantitative estimate of drug-likeness (QED) is 0.578. The molecule has 1 saturated heterocycles. The first-order chi connectivity index (χ1) is 5.38. The summed E-state index contributed by atoms with van der Waals surface area (Å²) < 4.78 is 5.79. The monoisotopic (exact) mass is 170 g/mol. The summed E-state index contributed by atoms with van der Waals surface area (Å²) in [7, 11) is -0.880. The van der Waals surface area contributed by atoms with E-state index in [1.54, 1.807) is 5.20 Å². The van der Waals surface area contributed by atoms with Crippen molar-refractivity contribution in [2.45, 2.75) is 39.2 Å². The average Bonchev–Trinajstić information content (AvgIpc) is 2.09. The van der Waals surface area contributed by atoms with Crippen LogP contribution in [0.25, 0.3) is 0 Å². The Kier molecular flexibility index (Phi) is 3.87. The minimum Gasteiger partial charge on any atom is -0.416 e. The molecule has 0 radical (unpaired) electrons. The van der Waals surface area contributed by atoms with Gasteiger partial charge in [0.2, 0.25) is 9.04 Å². The fourth-order valence-electron chi connectivity index (χ4n) is 1.65. The third kappa shape index (κ3) is 2.45. The molecule has 11 heavy (non-hydrogen) atoms. The summed E-state index contributed by atoms with van der Waals surface area (Å²) >= 11 is 0. The molecule has 0 saturated carbocycles. The van der Waals surface area contributed by atoms with Gasteiger partial charge in [0.25, 0.3) is 0 Å². The lowest BCUT2D eigenvalue weighted by molar-refractivity contribution is 0.291. The Morgan fingerprint density at radius 2 is 2.36 bits per heavy atom. The molecule has 1 fully saturated rings. The van der Waals surface area contributed by atoms with Crippen LogP contribution in [0.2, 0.25) is 6.04 Å². The van der Waals surface area contributed by atoms with E-state index >= 15 is 0 Å². The Morgan fingerprint density at radius 3 is 2.82 bits per heavy atom. The van der Waals surface area contributed by atoms with Gasteiger partial charge in [-0.25, -0.2) is 0 Å². The van der Waals surface area contributed by atoms with Crippen molar-refractivity contribution in [1.82, 2.24) is 0 Å². The molecule has 1 aliphatic rings. The van der Waals surface area contributed by atoms with Gasteiger partial charge in [0.05, 0.1) is 0 Å². The van der Waals surface area contributed by atoms with Gasteiger partial charge in [-0.2, -0.15) is 0 Å². The predicted molar refractivity (Wildman–Crippen MR) is 51.2 cm³/mol. The second-order valence-corrected chi connectivity index (χ2v) is 5.70. The highest BCUT2D eigenvalue weighted by atomic mass is 28.3. The highest BCUT2D eigenvalue weighted by Gasteiger charge is 2.18. The van der Waals surface area contributed by atoms with Crippen LogP contribution in [-0.2, 0) is 4.43 Å². The summed E-state index contributed by atoms with van der Waals surface area (Å²) in [6.45, 7) is 5.40. The zero-order chi connectivity index (χ0) is 8.10. The van der Waals surface area contributed by atoms with Crippen LogP contribution in [0.1, 0.15) is 33.1 Å². The Balaban J connectivity index is 2.43. The molecule has 1 atom stereocenters. The lowest BCUT2D eigenvalue weighted by atomic mass is 10.4. The van der Waals surface area contributed by atoms with Gasteiger partial charge >= 0.3 is 0 Å². The van der Waals surface area contributed by atoms with Gasteiger partial charge < -0.3 is 4.43 Å². The summed E-state index contributed by atoms with van der Waals surface area (Å²) in [6.07, 6.45) is 6.15. The van der Waals surface area contributed by atoms with Crippen molar-refractivity contribution in [1.29, 1.82) is 0 Å². The first-order valence-electron chi connectivity index (χ1n) is 4.65. The molecule has 0 bridgehead atoms. The SMILES string of the molecule is C/C=C(\CC)[SiH]1CCCCO1. The number of allylic oxidation sites excluding steroid dienone is 2. The molecule has 0 spiro atoms. The van der Waals surface area contributed by atoms with Gasteiger partial charge in [-0.1, -0.05) is 24.6 Å². The van der Waals surface area contributed by atoms with Crippen molar-refractivity contribution in [3.05, 3.63) is 11.3 Å². The zero-order valence-corrected chi connectivity index (χ0v) is 8.75. The van der Waals surface area contributed by atoms with E-state index in [1.807, 2.05) is 0 Å². The third-order valence-corrected chi connectivity index (χ3v) is 5.51. The van der Waals surface area contributed by atoms with Crippen LogP contribution in [0.5, 0.6) is 0 Å². The zero-order valence-electron chi connectivity index (χ0n) is 7.60.